The number of ketones is 1. The van der Waals surface area contributed by atoms with Gasteiger partial charge in [-0.1, -0.05) is 67.2 Å². The minimum absolute atomic E-state index is 0.0763. The fraction of sp³-hybridized carbons (Fsp3) is 0.105. The summed E-state index contributed by atoms with van der Waals surface area (Å²) in [5, 5.41) is 10.8. The number of allylic oxidation sites excluding steroid dienone is 1. The Balaban J connectivity index is 0.000000772. The number of carbonyl (C=O) groups excluding carboxylic acids is 3. The van der Waals surface area contributed by atoms with Gasteiger partial charge in [0.25, 0.3) is 0 Å². The van der Waals surface area contributed by atoms with Crippen LogP contribution in [0.3, 0.4) is 0 Å². The minimum Gasteiger partial charge on any atom is -0.294 e. The van der Waals surface area contributed by atoms with Gasteiger partial charge >= 0.3 is 0 Å². The second-order valence-corrected chi connectivity index (χ2v) is 4.60. The fourth-order valence-corrected chi connectivity index (χ4v) is 2.03. The van der Waals surface area contributed by atoms with Crippen molar-refractivity contribution in [3.05, 3.63) is 83.9 Å². The van der Waals surface area contributed by atoms with Crippen molar-refractivity contribution in [1.82, 2.24) is 0 Å². The molecule has 2 rings (SSSR count). The summed E-state index contributed by atoms with van der Waals surface area (Å²) < 4.78 is 0. The Morgan fingerprint density at radius 1 is 0.875 bits per heavy atom. The van der Waals surface area contributed by atoms with Crippen LogP contribution >= 0.6 is 0 Å². The zero-order valence-electron chi connectivity index (χ0n) is 13.3. The lowest BCUT2D eigenvalue weighted by atomic mass is 9.85. The maximum Gasteiger partial charge on any atom is 0.231 e. The first-order valence-corrected chi connectivity index (χ1v) is 6.90. The van der Waals surface area contributed by atoms with Gasteiger partial charge in [-0.2, -0.15) is 0 Å². The molecule has 2 N–H and O–H groups in total. The monoisotopic (exact) mass is 322 g/mol. The van der Waals surface area contributed by atoms with Gasteiger partial charge in [-0.05, 0) is 23.6 Å². The van der Waals surface area contributed by atoms with E-state index in [1.807, 2.05) is 60.7 Å². The lowest BCUT2D eigenvalue weighted by Gasteiger charge is -2.16. The lowest BCUT2D eigenvalue weighted by molar-refractivity contribution is -0.116. The van der Waals surface area contributed by atoms with E-state index in [-0.39, 0.29) is 11.7 Å². The summed E-state index contributed by atoms with van der Waals surface area (Å²) in [6, 6.07) is 19.7. The zero-order valence-corrected chi connectivity index (χ0v) is 13.3. The van der Waals surface area contributed by atoms with Gasteiger partial charge in [-0.25, -0.2) is 20.4 Å². The number of benzene rings is 2. The third-order valence-corrected chi connectivity index (χ3v) is 2.95. The van der Waals surface area contributed by atoms with Gasteiger partial charge in [0.2, 0.25) is 12.2 Å². The number of isocyanates is 2. The molecular formula is C19H18N2O3. The molecule has 0 saturated heterocycles. The first kappa shape index (κ1) is 20.6. The number of nitrogens with one attached hydrogen (secondary N) is 2. The van der Waals surface area contributed by atoms with Crippen molar-refractivity contribution < 1.29 is 14.4 Å². The van der Waals surface area contributed by atoms with Crippen molar-refractivity contribution in [2.24, 2.45) is 0 Å². The van der Waals surface area contributed by atoms with E-state index < -0.39 is 0 Å². The Labute approximate surface area is 140 Å². The molecule has 0 bridgehead atoms. The van der Waals surface area contributed by atoms with Crippen LogP contribution in [0.5, 0.6) is 0 Å². The number of hydrogen-bond donors (Lipinski definition) is 2. The molecule has 2 aromatic carbocycles. The molecule has 0 aliphatic rings. The summed E-state index contributed by atoms with van der Waals surface area (Å²) in [5.41, 5.74) is 2.61. The highest BCUT2D eigenvalue weighted by molar-refractivity contribution is 6.01. The molecule has 0 atom stereocenters. The Hall–Kier alpha value is -3.39. The van der Waals surface area contributed by atoms with Crippen molar-refractivity contribution in [3.8, 4) is 0 Å². The quantitative estimate of drug-likeness (QED) is 0.509. The Kier molecular flexibility index (Phi) is 10.5. The van der Waals surface area contributed by atoms with Gasteiger partial charge in [-0.15, -0.1) is 0 Å². The van der Waals surface area contributed by atoms with Crippen LogP contribution in [0.4, 0.5) is 0 Å². The average molecular weight is 322 g/mol. The molecular weight excluding hydrogens is 304 g/mol. The molecule has 0 radical (unpaired) electrons. The summed E-state index contributed by atoms with van der Waals surface area (Å²) in [7, 11) is 0. The van der Waals surface area contributed by atoms with E-state index in [0.717, 1.165) is 23.3 Å². The average Bonchev–Trinajstić information content (AvgIpc) is 2.58. The molecule has 0 heterocycles. The molecule has 0 fully saturated rings. The Bertz CT molecular complexity index is 661. The van der Waals surface area contributed by atoms with Gasteiger partial charge in [0.1, 0.15) is 0 Å². The molecule has 5 heteroatoms. The Morgan fingerprint density at radius 3 is 1.42 bits per heavy atom. The van der Waals surface area contributed by atoms with Crippen molar-refractivity contribution in [1.29, 1.82) is 10.8 Å². The van der Waals surface area contributed by atoms with Crippen LogP contribution in [0.15, 0.2) is 72.8 Å². The van der Waals surface area contributed by atoms with Crippen LogP contribution in [0.25, 0.3) is 0 Å². The van der Waals surface area contributed by atoms with Crippen molar-refractivity contribution in [3.63, 3.8) is 0 Å². The van der Waals surface area contributed by atoms with E-state index in [9.17, 15) is 4.79 Å². The lowest BCUT2D eigenvalue weighted by Crippen LogP contribution is -2.14. The van der Waals surface area contributed by atoms with Crippen LogP contribution in [-0.4, -0.2) is 17.9 Å². The first-order valence-electron chi connectivity index (χ1n) is 6.90. The molecule has 5 nitrogen and oxygen atoms in total. The van der Waals surface area contributed by atoms with Crippen LogP contribution in [-0.2, 0) is 14.4 Å². The van der Waals surface area contributed by atoms with Gasteiger partial charge in [0, 0.05) is 0 Å². The summed E-state index contributed by atoms with van der Waals surface area (Å²) >= 11 is 0. The largest absolute Gasteiger partial charge is 0.294 e. The third kappa shape index (κ3) is 7.05. The highest BCUT2D eigenvalue weighted by Gasteiger charge is 2.22. The molecule has 0 unspecified atom stereocenters. The van der Waals surface area contributed by atoms with Crippen molar-refractivity contribution >= 4 is 17.9 Å². The number of Topliss-reactive ketones (excluding diaryl/α,β-unsaturated/α-hetero) is 1. The molecule has 0 saturated carbocycles. The van der Waals surface area contributed by atoms with E-state index in [0.29, 0.717) is 5.57 Å². The van der Waals surface area contributed by atoms with E-state index in [2.05, 4.69) is 6.58 Å². The molecule has 0 aliphatic heterocycles. The first-order chi connectivity index (χ1) is 11.5. The normalized spacial score (nSPS) is 8.42. The van der Waals surface area contributed by atoms with Crippen LogP contribution in [0.1, 0.15) is 24.0 Å². The summed E-state index contributed by atoms with van der Waals surface area (Å²) in [5.74, 6) is -0.169. The highest BCUT2D eigenvalue weighted by atomic mass is 16.1. The third-order valence-electron chi connectivity index (χ3n) is 2.95. The maximum atomic E-state index is 12.3. The molecule has 0 spiro atoms. The van der Waals surface area contributed by atoms with Crippen molar-refractivity contribution in [2.75, 3.05) is 0 Å². The molecule has 0 aliphatic carbocycles. The molecule has 24 heavy (non-hydrogen) atoms. The zero-order chi connectivity index (χ0) is 18.4. The smallest absolute Gasteiger partial charge is 0.231 e. The van der Waals surface area contributed by atoms with E-state index in [1.54, 1.807) is 6.92 Å². The van der Waals surface area contributed by atoms with Gasteiger partial charge in [0.15, 0.2) is 5.78 Å². The highest BCUT2D eigenvalue weighted by Crippen LogP contribution is 2.27. The van der Waals surface area contributed by atoms with Gasteiger partial charge in [0.05, 0.1) is 5.92 Å². The van der Waals surface area contributed by atoms with E-state index in [4.69, 9.17) is 20.4 Å². The predicted octanol–water partition coefficient (Wildman–Crippen LogP) is 3.77. The minimum atomic E-state index is -0.245. The van der Waals surface area contributed by atoms with Gasteiger partial charge in [-0.3, -0.25) is 4.79 Å². The number of rotatable bonds is 4. The summed E-state index contributed by atoms with van der Waals surface area (Å²) in [4.78, 5) is 29.0. The second-order valence-electron chi connectivity index (χ2n) is 4.60. The summed E-state index contributed by atoms with van der Waals surface area (Å²) in [6.07, 6.45) is 1.50. The molecule has 122 valence electrons. The SMILES string of the molecule is C=C(C)C(=O)C(c1ccccc1)c1ccccc1.N=C=O.N=C=O. The second kappa shape index (κ2) is 12.2. The maximum absolute atomic E-state index is 12.3. The Morgan fingerprint density at radius 2 is 1.17 bits per heavy atom. The molecule has 2 aromatic rings. The van der Waals surface area contributed by atoms with E-state index in [1.165, 1.54) is 0 Å². The van der Waals surface area contributed by atoms with Crippen LogP contribution in [0.2, 0.25) is 0 Å². The fourth-order valence-electron chi connectivity index (χ4n) is 2.03. The van der Waals surface area contributed by atoms with Crippen LogP contribution < -0.4 is 0 Å². The van der Waals surface area contributed by atoms with Crippen molar-refractivity contribution in [2.45, 2.75) is 12.8 Å². The van der Waals surface area contributed by atoms with Gasteiger partial charge < -0.3 is 0 Å². The topological polar surface area (TPSA) is 98.9 Å². The van der Waals surface area contributed by atoms with E-state index >= 15 is 0 Å². The number of carbonyl (C=O) groups is 1. The number of hydrogen-bond acceptors (Lipinski definition) is 5. The molecule has 0 amide bonds. The predicted molar refractivity (Wildman–Crippen MR) is 91.4 cm³/mol. The molecule has 0 aromatic heterocycles. The standard InChI is InChI=1S/C17H16O.2CHNO/c1-13(2)17(18)16(14-9-5-3-6-10-14)15-11-7-4-8-12-15;2*2-1-3/h3-12,16H,1H2,2H3;2*2H. The summed E-state index contributed by atoms with van der Waals surface area (Å²) in [6.45, 7) is 5.54. The van der Waals surface area contributed by atoms with Crippen LogP contribution in [0, 0.1) is 10.8 Å².